The number of aryl methyl sites for hydroxylation is 1. The molecule has 0 unspecified atom stereocenters. The highest BCUT2D eigenvalue weighted by atomic mass is 16.5. The molecule has 3 rings (SSSR count). The van der Waals surface area contributed by atoms with Crippen LogP contribution in [-0.2, 0) is 18.3 Å². The van der Waals surface area contributed by atoms with Crippen molar-refractivity contribution in [1.29, 1.82) is 0 Å². The van der Waals surface area contributed by atoms with E-state index in [1.807, 2.05) is 16.5 Å². The van der Waals surface area contributed by atoms with E-state index in [-0.39, 0.29) is 17.9 Å². The van der Waals surface area contributed by atoms with E-state index >= 15 is 0 Å². The third kappa shape index (κ3) is 5.24. The van der Waals surface area contributed by atoms with Gasteiger partial charge in [-0.3, -0.25) is 9.59 Å². The van der Waals surface area contributed by atoms with Crippen molar-refractivity contribution in [1.82, 2.24) is 25.0 Å². The van der Waals surface area contributed by atoms with E-state index in [9.17, 15) is 9.59 Å². The Morgan fingerprint density at radius 1 is 1.28 bits per heavy atom. The highest BCUT2D eigenvalue weighted by molar-refractivity contribution is 5.97. The van der Waals surface area contributed by atoms with Crippen LogP contribution in [0.3, 0.4) is 0 Å². The molecule has 0 bridgehead atoms. The summed E-state index contributed by atoms with van der Waals surface area (Å²) in [5.41, 5.74) is 0.427. The standard InChI is InChI=1S/C20H27N5O4/c1-14(26)25-10-7-15(8-11-25)29-18-5-4-16(28-3)12-17(18)20(27)21-9-6-19-23-22-13-24(19)2/h4-5,12-13,15H,6-11H2,1-3H3,(H,21,27). The van der Waals surface area contributed by atoms with E-state index in [1.54, 1.807) is 38.6 Å². The molecule has 1 aromatic heterocycles. The van der Waals surface area contributed by atoms with Crippen molar-refractivity contribution < 1.29 is 19.1 Å². The molecule has 1 aromatic carbocycles. The molecule has 1 aliphatic rings. The van der Waals surface area contributed by atoms with Crippen LogP contribution in [0.25, 0.3) is 0 Å². The number of hydrogen-bond donors (Lipinski definition) is 1. The van der Waals surface area contributed by atoms with Gasteiger partial charge in [0, 0.05) is 52.9 Å². The van der Waals surface area contributed by atoms with Crippen LogP contribution in [0.2, 0.25) is 0 Å². The van der Waals surface area contributed by atoms with Gasteiger partial charge in [-0.25, -0.2) is 0 Å². The minimum absolute atomic E-state index is 0.0378. The Morgan fingerprint density at radius 3 is 2.66 bits per heavy atom. The molecular formula is C20H27N5O4. The lowest BCUT2D eigenvalue weighted by Gasteiger charge is -2.31. The molecular weight excluding hydrogens is 374 g/mol. The summed E-state index contributed by atoms with van der Waals surface area (Å²) in [5, 5.41) is 10.8. The number of aromatic nitrogens is 3. The van der Waals surface area contributed by atoms with Gasteiger partial charge in [-0.2, -0.15) is 0 Å². The fourth-order valence-electron chi connectivity index (χ4n) is 3.30. The van der Waals surface area contributed by atoms with Gasteiger partial charge in [0.2, 0.25) is 5.91 Å². The van der Waals surface area contributed by atoms with Gasteiger partial charge in [0.1, 0.15) is 29.8 Å². The molecule has 0 atom stereocenters. The Kier molecular flexibility index (Phi) is 6.69. The number of nitrogens with zero attached hydrogens (tertiary/aromatic N) is 4. The zero-order valence-corrected chi connectivity index (χ0v) is 17.1. The van der Waals surface area contributed by atoms with Gasteiger partial charge in [0.05, 0.1) is 12.7 Å². The molecule has 1 N–H and O–H groups in total. The number of methoxy groups -OCH3 is 1. The number of benzene rings is 1. The van der Waals surface area contributed by atoms with Crippen LogP contribution in [-0.4, -0.2) is 64.3 Å². The molecule has 2 heterocycles. The molecule has 0 radical (unpaired) electrons. The second-order valence-electron chi connectivity index (χ2n) is 7.05. The van der Waals surface area contributed by atoms with Crippen LogP contribution < -0.4 is 14.8 Å². The van der Waals surface area contributed by atoms with E-state index in [1.165, 1.54) is 0 Å². The zero-order chi connectivity index (χ0) is 20.8. The van der Waals surface area contributed by atoms with Crippen molar-refractivity contribution >= 4 is 11.8 Å². The van der Waals surface area contributed by atoms with Crippen molar-refractivity contribution in [2.75, 3.05) is 26.7 Å². The van der Waals surface area contributed by atoms with Crippen LogP contribution in [0.4, 0.5) is 0 Å². The Balaban J connectivity index is 1.64. The molecule has 0 saturated carbocycles. The third-order valence-electron chi connectivity index (χ3n) is 5.05. The maximum absolute atomic E-state index is 12.8. The number of piperidine rings is 1. The largest absolute Gasteiger partial charge is 0.497 e. The fourth-order valence-corrected chi connectivity index (χ4v) is 3.30. The molecule has 1 saturated heterocycles. The average Bonchev–Trinajstić information content (AvgIpc) is 3.13. The Bertz CT molecular complexity index is 858. The van der Waals surface area contributed by atoms with Crippen LogP contribution in [0.15, 0.2) is 24.5 Å². The number of amides is 2. The molecule has 29 heavy (non-hydrogen) atoms. The zero-order valence-electron chi connectivity index (χ0n) is 17.1. The van der Waals surface area contributed by atoms with Gasteiger partial charge < -0.3 is 24.3 Å². The molecule has 0 aliphatic carbocycles. The maximum atomic E-state index is 12.8. The molecule has 9 nitrogen and oxygen atoms in total. The molecule has 156 valence electrons. The summed E-state index contributed by atoms with van der Waals surface area (Å²) >= 11 is 0. The summed E-state index contributed by atoms with van der Waals surface area (Å²) in [6.45, 7) is 3.33. The SMILES string of the molecule is COc1ccc(OC2CCN(C(C)=O)CC2)c(C(=O)NCCc2nncn2C)c1. The highest BCUT2D eigenvalue weighted by Gasteiger charge is 2.24. The van der Waals surface area contributed by atoms with Crippen molar-refractivity contribution in [3.8, 4) is 11.5 Å². The summed E-state index contributed by atoms with van der Waals surface area (Å²) < 4.78 is 13.2. The van der Waals surface area contributed by atoms with E-state index in [0.717, 1.165) is 18.7 Å². The predicted molar refractivity (Wildman–Crippen MR) is 106 cm³/mol. The third-order valence-corrected chi connectivity index (χ3v) is 5.05. The first-order valence-corrected chi connectivity index (χ1v) is 9.69. The van der Waals surface area contributed by atoms with Crippen LogP contribution in [0.1, 0.15) is 35.9 Å². The first-order valence-electron chi connectivity index (χ1n) is 9.69. The Labute approximate surface area is 170 Å². The van der Waals surface area contributed by atoms with Gasteiger partial charge in [-0.05, 0) is 18.2 Å². The minimum Gasteiger partial charge on any atom is -0.497 e. The first-order chi connectivity index (χ1) is 14.0. The summed E-state index contributed by atoms with van der Waals surface area (Å²) in [6.07, 6.45) is 3.63. The number of carbonyl (C=O) groups is 2. The van der Waals surface area contributed by atoms with E-state index in [0.29, 0.717) is 43.1 Å². The molecule has 1 aliphatic heterocycles. The van der Waals surface area contributed by atoms with Crippen LogP contribution >= 0.6 is 0 Å². The van der Waals surface area contributed by atoms with Gasteiger partial charge >= 0.3 is 0 Å². The fraction of sp³-hybridized carbons (Fsp3) is 0.500. The summed E-state index contributed by atoms with van der Waals surface area (Å²) in [7, 11) is 3.42. The van der Waals surface area contributed by atoms with Crippen molar-refractivity contribution in [2.45, 2.75) is 32.3 Å². The summed E-state index contributed by atoms with van der Waals surface area (Å²) in [4.78, 5) is 26.1. The molecule has 0 spiro atoms. The highest BCUT2D eigenvalue weighted by Crippen LogP contribution is 2.27. The van der Waals surface area contributed by atoms with Gasteiger partial charge in [-0.1, -0.05) is 0 Å². The number of nitrogens with one attached hydrogen (secondary N) is 1. The normalized spacial score (nSPS) is 14.5. The lowest BCUT2D eigenvalue weighted by molar-refractivity contribution is -0.130. The van der Waals surface area contributed by atoms with Crippen molar-refractivity contribution in [3.63, 3.8) is 0 Å². The number of hydrogen-bond acceptors (Lipinski definition) is 6. The second kappa shape index (κ2) is 9.40. The van der Waals surface area contributed by atoms with Crippen LogP contribution in [0, 0.1) is 0 Å². The predicted octanol–water partition coefficient (Wildman–Crippen LogP) is 1.19. The average molecular weight is 401 g/mol. The molecule has 1 fully saturated rings. The first kappa shape index (κ1) is 20.6. The van der Waals surface area contributed by atoms with Gasteiger partial charge in [0.25, 0.3) is 5.91 Å². The van der Waals surface area contributed by atoms with E-state index in [4.69, 9.17) is 9.47 Å². The Hall–Kier alpha value is -3.10. The Morgan fingerprint density at radius 2 is 2.03 bits per heavy atom. The molecule has 9 heteroatoms. The lowest BCUT2D eigenvalue weighted by Crippen LogP contribution is -2.40. The quantitative estimate of drug-likeness (QED) is 0.748. The monoisotopic (exact) mass is 401 g/mol. The van der Waals surface area contributed by atoms with E-state index in [2.05, 4.69) is 15.5 Å². The topological polar surface area (TPSA) is 98.6 Å². The summed E-state index contributed by atoms with van der Waals surface area (Å²) in [6, 6.07) is 5.21. The number of ether oxygens (including phenoxy) is 2. The molecule has 2 amide bonds. The van der Waals surface area contributed by atoms with Crippen molar-refractivity contribution in [2.24, 2.45) is 7.05 Å². The van der Waals surface area contributed by atoms with Gasteiger partial charge in [-0.15, -0.1) is 10.2 Å². The summed E-state index contributed by atoms with van der Waals surface area (Å²) in [5.74, 6) is 1.74. The second-order valence-corrected chi connectivity index (χ2v) is 7.05. The minimum atomic E-state index is -0.234. The number of rotatable bonds is 7. The smallest absolute Gasteiger partial charge is 0.255 e. The van der Waals surface area contributed by atoms with E-state index < -0.39 is 0 Å². The number of carbonyl (C=O) groups excluding carboxylic acids is 2. The maximum Gasteiger partial charge on any atom is 0.255 e. The van der Waals surface area contributed by atoms with Crippen LogP contribution in [0.5, 0.6) is 11.5 Å². The lowest BCUT2D eigenvalue weighted by atomic mass is 10.1. The van der Waals surface area contributed by atoms with Gasteiger partial charge in [0.15, 0.2) is 0 Å². The van der Waals surface area contributed by atoms with Crippen molar-refractivity contribution in [3.05, 3.63) is 35.9 Å². The molecule has 2 aromatic rings. The number of likely N-dealkylation sites (tertiary alicyclic amines) is 1.